The summed E-state index contributed by atoms with van der Waals surface area (Å²) in [6.45, 7) is 3.34. The second kappa shape index (κ2) is 4.85. The first kappa shape index (κ1) is 12.1. The molecule has 4 heteroatoms. The summed E-state index contributed by atoms with van der Waals surface area (Å²) >= 11 is 0. The van der Waals surface area contributed by atoms with Crippen molar-refractivity contribution in [3.63, 3.8) is 0 Å². The number of hydrogen-bond donors (Lipinski definition) is 2. The molecule has 1 heterocycles. The van der Waals surface area contributed by atoms with Crippen molar-refractivity contribution in [2.75, 3.05) is 18.5 Å². The van der Waals surface area contributed by atoms with E-state index >= 15 is 0 Å². The largest absolute Gasteiger partial charge is 0.326 e. The molecule has 0 saturated heterocycles. The van der Waals surface area contributed by atoms with Crippen molar-refractivity contribution >= 4 is 11.6 Å². The topological polar surface area (TPSA) is 58.4 Å². The molecule has 17 heavy (non-hydrogen) atoms. The molecule has 1 amide bonds. The van der Waals surface area contributed by atoms with Crippen molar-refractivity contribution in [3.05, 3.63) is 29.3 Å². The Morgan fingerprint density at radius 3 is 2.94 bits per heavy atom. The number of anilines is 1. The highest BCUT2D eigenvalue weighted by molar-refractivity contribution is 6.01. The van der Waals surface area contributed by atoms with Crippen molar-refractivity contribution in [1.82, 2.24) is 5.32 Å². The van der Waals surface area contributed by atoms with Crippen molar-refractivity contribution in [1.29, 1.82) is 0 Å². The molecular weight excluding hydrogens is 214 g/mol. The Bertz CT molecular complexity index is 429. The molecule has 0 saturated carbocycles. The minimum absolute atomic E-state index is 0.00175. The van der Waals surface area contributed by atoms with Gasteiger partial charge in [0, 0.05) is 24.8 Å². The fourth-order valence-electron chi connectivity index (χ4n) is 2.24. The number of benzene rings is 1. The van der Waals surface area contributed by atoms with Gasteiger partial charge in [0.1, 0.15) is 0 Å². The molecule has 0 spiro atoms. The predicted molar refractivity (Wildman–Crippen MR) is 68.9 cm³/mol. The molecular formula is C13H19N3O. The van der Waals surface area contributed by atoms with E-state index in [-0.39, 0.29) is 11.9 Å². The molecule has 1 atom stereocenters. The monoisotopic (exact) mass is 233 g/mol. The Labute approximate surface area is 102 Å². The summed E-state index contributed by atoms with van der Waals surface area (Å²) in [6, 6.07) is 6.18. The molecule has 1 unspecified atom stereocenters. The van der Waals surface area contributed by atoms with Crippen LogP contribution >= 0.6 is 0 Å². The van der Waals surface area contributed by atoms with E-state index in [0.717, 1.165) is 17.8 Å². The normalized spacial score (nSPS) is 16.2. The van der Waals surface area contributed by atoms with E-state index in [1.54, 1.807) is 4.90 Å². The maximum Gasteiger partial charge on any atom is 0.231 e. The number of nitrogens with one attached hydrogen (secondary N) is 1. The fraction of sp³-hybridized carbons (Fsp3) is 0.462. The first-order valence-electron chi connectivity index (χ1n) is 5.94. The van der Waals surface area contributed by atoms with Gasteiger partial charge in [-0.2, -0.15) is 0 Å². The SMILES string of the molecule is CNCc1ccc2c(c1)CC(=O)N2CC(C)N. The number of carbonyl (C=O) groups excluding carboxylic acids is 1. The first-order valence-corrected chi connectivity index (χ1v) is 5.94. The summed E-state index contributed by atoms with van der Waals surface area (Å²) in [5.41, 5.74) is 9.11. The average molecular weight is 233 g/mol. The molecule has 0 aliphatic carbocycles. The lowest BCUT2D eigenvalue weighted by molar-refractivity contribution is -0.117. The number of nitrogens with zero attached hydrogens (tertiary/aromatic N) is 1. The molecule has 1 aromatic carbocycles. The Balaban J connectivity index is 2.25. The molecule has 1 aliphatic rings. The van der Waals surface area contributed by atoms with Gasteiger partial charge >= 0.3 is 0 Å². The smallest absolute Gasteiger partial charge is 0.231 e. The van der Waals surface area contributed by atoms with Crippen LogP contribution in [0.5, 0.6) is 0 Å². The minimum Gasteiger partial charge on any atom is -0.326 e. The Kier molecular flexibility index (Phi) is 3.45. The number of amides is 1. The highest BCUT2D eigenvalue weighted by Crippen LogP contribution is 2.29. The van der Waals surface area contributed by atoms with E-state index in [1.165, 1.54) is 5.56 Å². The van der Waals surface area contributed by atoms with Gasteiger partial charge in [0.25, 0.3) is 0 Å². The van der Waals surface area contributed by atoms with Crippen molar-refractivity contribution < 1.29 is 4.79 Å². The molecule has 0 aromatic heterocycles. The summed E-state index contributed by atoms with van der Waals surface area (Å²) in [7, 11) is 1.92. The lowest BCUT2D eigenvalue weighted by Gasteiger charge is -2.19. The first-order chi connectivity index (χ1) is 8.11. The lowest BCUT2D eigenvalue weighted by atomic mass is 10.1. The number of hydrogen-bond acceptors (Lipinski definition) is 3. The highest BCUT2D eigenvalue weighted by atomic mass is 16.2. The molecule has 0 fully saturated rings. The predicted octanol–water partition coefficient (Wildman–Crippen LogP) is 0.642. The van der Waals surface area contributed by atoms with E-state index in [1.807, 2.05) is 20.0 Å². The third-order valence-corrected chi connectivity index (χ3v) is 2.93. The summed E-state index contributed by atoms with van der Waals surface area (Å²) in [4.78, 5) is 13.7. The van der Waals surface area contributed by atoms with E-state index in [2.05, 4.69) is 17.4 Å². The van der Waals surface area contributed by atoms with Gasteiger partial charge in [-0.1, -0.05) is 12.1 Å². The van der Waals surface area contributed by atoms with Gasteiger partial charge in [-0.05, 0) is 31.2 Å². The van der Waals surface area contributed by atoms with Crippen LogP contribution in [-0.2, 0) is 17.8 Å². The zero-order chi connectivity index (χ0) is 12.4. The summed E-state index contributed by atoms with van der Waals surface area (Å²) < 4.78 is 0. The van der Waals surface area contributed by atoms with Crippen LogP contribution in [0, 0.1) is 0 Å². The number of nitrogens with two attached hydrogens (primary N) is 1. The van der Waals surface area contributed by atoms with Gasteiger partial charge in [-0.15, -0.1) is 0 Å². The van der Waals surface area contributed by atoms with Gasteiger partial charge in [-0.25, -0.2) is 0 Å². The maximum atomic E-state index is 11.9. The van der Waals surface area contributed by atoms with Crippen LogP contribution in [0.2, 0.25) is 0 Å². The Morgan fingerprint density at radius 1 is 1.53 bits per heavy atom. The van der Waals surface area contributed by atoms with Crippen LogP contribution in [0.4, 0.5) is 5.69 Å². The lowest BCUT2D eigenvalue weighted by Crippen LogP contribution is -2.37. The van der Waals surface area contributed by atoms with E-state index < -0.39 is 0 Å². The standard InChI is InChI=1S/C13H19N3O/c1-9(14)8-16-12-4-3-10(7-15-2)5-11(12)6-13(16)17/h3-5,9,15H,6-8,14H2,1-2H3. The molecule has 3 N–H and O–H groups in total. The Morgan fingerprint density at radius 2 is 2.29 bits per heavy atom. The van der Waals surface area contributed by atoms with Gasteiger partial charge < -0.3 is 16.0 Å². The highest BCUT2D eigenvalue weighted by Gasteiger charge is 2.27. The maximum absolute atomic E-state index is 11.9. The fourth-order valence-corrected chi connectivity index (χ4v) is 2.24. The molecule has 0 bridgehead atoms. The summed E-state index contributed by atoms with van der Waals surface area (Å²) in [5.74, 6) is 0.152. The molecule has 1 aromatic rings. The van der Waals surface area contributed by atoms with E-state index in [4.69, 9.17) is 5.73 Å². The quantitative estimate of drug-likeness (QED) is 0.802. The number of fused-ring (bicyclic) bond motifs is 1. The van der Waals surface area contributed by atoms with Crippen LogP contribution in [0.25, 0.3) is 0 Å². The van der Waals surface area contributed by atoms with Gasteiger partial charge in [0.15, 0.2) is 0 Å². The van der Waals surface area contributed by atoms with Crippen LogP contribution in [0.1, 0.15) is 18.1 Å². The zero-order valence-electron chi connectivity index (χ0n) is 10.4. The van der Waals surface area contributed by atoms with E-state index in [0.29, 0.717) is 13.0 Å². The van der Waals surface area contributed by atoms with Gasteiger partial charge in [0.05, 0.1) is 6.42 Å². The van der Waals surface area contributed by atoms with Crippen LogP contribution < -0.4 is 16.0 Å². The van der Waals surface area contributed by atoms with Crippen molar-refractivity contribution in [2.45, 2.75) is 25.9 Å². The molecule has 92 valence electrons. The zero-order valence-corrected chi connectivity index (χ0v) is 10.4. The third kappa shape index (κ3) is 2.48. The molecule has 2 rings (SSSR count). The van der Waals surface area contributed by atoms with Gasteiger partial charge in [0.2, 0.25) is 5.91 Å². The number of carbonyl (C=O) groups is 1. The summed E-state index contributed by atoms with van der Waals surface area (Å²) in [6.07, 6.45) is 0.500. The van der Waals surface area contributed by atoms with Gasteiger partial charge in [-0.3, -0.25) is 4.79 Å². The van der Waals surface area contributed by atoms with Crippen molar-refractivity contribution in [2.24, 2.45) is 5.73 Å². The van der Waals surface area contributed by atoms with Crippen LogP contribution in [0.3, 0.4) is 0 Å². The average Bonchev–Trinajstić information content (AvgIpc) is 2.55. The minimum atomic E-state index is 0.00175. The molecule has 4 nitrogen and oxygen atoms in total. The molecule has 1 aliphatic heterocycles. The van der Waals surface area contributed by atoms with Crippen LogP contribution in [0.15, 0.2) is 18.2 Å². The summed E-state index contributed by atoms with van der Waals surface area (Å²) in [5, 5.41) is 3.11. The van der Waals surface area contributed by atoms with E-state index in [9.17, 15) is 4.79 Å². The van der Waals surface area contributed by atoms with Crippen LogP contribution in [-0.4, -0.2) is 25.5 Å². The third-order valence-electron chi connectivity index (χ3n) is 2.93. The second-order valence-electron chi connectivity index (χ2n) is 4.65. The Hall–Kier alpha value is -1.39. The molecule has 0 radical (unpaired) electrons. The van der Waals surface area contributed by atoms with Crippen molar-refractivity contribution in [3.8, 4) is 0 Å². The second-order valence-corrected chi connectivity index (χ2v) is 4.65. The number of rotatable bonds is 4.